The molecule has 8 heteroatoms. The molecule has 4 heterocycles. The molecule has 1 saturated carbocycles. The summed E-state index contributed by atoms with van der Waals surface area (Å²) in [5, 5.41) is 13.4. The van der Waals surface area contributed by atoms with Crippen molar-refractivity contribution in [1.82, 2.24) is 24.7 Å². The third-order valence-electron chi connectivity index (χ3n) is 5.00. The monoisotopic (exact) mass is 391 g/mol. The average molecular weight is 392 g/mol. The highest BCUT2D eigenvalue weighted by molar-refractivity contribution is 7.17. The van der Waals surface area contributed by atoms with Gasteiger partial charge in [-0.15, -0.1) is 11.3 Å². The van der Waals surface area contributed by atoms with Crippen LogP contribution in [0.15, 0.2) is 48.4 Å². The van der Waals surface area contributed by atoms with Crippen LogP contribution in [0.4, 0.5) is 17.5 Å². The molecule has 0 aliphatic heterocycles. The molecule has 0 aromatic carbocycles. The molecule has 4 aromatic rings. The van der Waals surface area contributed by atoms with Crippen LogP contribution in [0.25, 0.3) is 15.9 Å². The van der Waals surface area contributed by atoms with E-state index in [0.29, 0.717) is 12.0 Å². The molecule has 2 N–H and O–H groups in total. The predicted molar refractivity (Wildman–Crippen MR) is 113 cm³/mol. The summed E-state index contributed by atoms with van der Waals surface area (Å²) >= 11 is 1.68. The van der Waals surface area contributed by atoms with Gasteiger partial charge in [0.2, 0.25) is 5.95 Å². The van der Waals surface area contributed by atoms with Crippen molar-refractivity contribution in [2.75, 3.05) is 10.6 Å². The minimum absolute atomic E-state index is 0.495. The Kier molecular flexibility index (Phi) is 4.62. The van der Waals surface area contributed by atoms with Gasteiger partial charge in [-0.3, -0.25) is 4.98 Å². The van der Waals surface area contributed by atoms with E-state index in [1.165, 1.54) is 32.1 Å². The van der Waals surface area contributed by atoms with Crippen LogP contribution in [-0.2, 0) is 0 Å². The Morgan fingerprint density at radius 2 is 2.00 bits per heavy atom. The lowest BCUT2D eigenvalue weighted by molar-refractivity contribution is 0.462. The molecule has 0 amide bonds. The van der Waals surface area contributed by atoms with Crippen molar-refractivity contribution >= 4 is 39.0 Å². The van der Waals surface area contributed by atoms with Crippen LogP contribution in [-0.4, -0.2) is 30.8 Å². The van der Waals surface area contributed by atoms with Crippen molar-refractivity contribution in [2.45, 2.75) is 38.1 Å². The highest BCUT2D eigenvalue weighted by Gasteiger charge is 2.17. The smallest absolute Gasteiger partial charge is 0.229 e. The Labute approximate surface area is 166 Å². The zero-order valence-corrected chi connectivity index (χ0v) is 16.2. The minimum atomic E-state index is 0.495. The highest BCUT2D eigenvalue weighted by Crippen LogP contribution is 2.30. The number of hydrogen-bond donors (Lipinski definition) is 2. The van der Waals surface area contributed by atoms with Crippen LogP contribution in [0, 0.1) is 0 Å². The summed E-state index contributed by atoms with van der Waals surface area (Å²) in [6.07, 6.45) is 13.5. The number of anilines is 3. The first kappa shape index (κ1) is 17.1. The zero-order chi connectivity index (χ0) is 18.8. The Bertz CT molecular complexity index is 1070. The molecule has 1 aliphatic rings. The minimum Gasteiger partial charge on any atom is -0.366 e. The van der Waals surface area contributed by atoms with Gasteiger partial charge in [-0.25, -0.2) is 9.67 Å². The maximum absolute atomic E-state index is 4.77. The Balaban J connectivity index is 1.41. The molecule has 4 aromatic heterocycles. The lowest BCUT2D eigenvalue weighted by atomic mass is 9.95. The van der Waals surface area contributed by atoms with Gasteiger partial charge in [-0.2, -0.15) is 10.1 Å². The van der Waals surface area contributed by atoms with E-state index in [1.54, 1.807) is 34.6 Å². The second kappa shape index (κ2) is 7.55. The van der Waals surface area contributed by atoms with Crippen LogP contribution < -0.4 is 10.6 Å². The molecule has 142 valence electrons. The summed E-state index contributed by atoms with van der Waals surface area (Å²) in [5.74, 6) is 1.50. The molecule has 0 atom stereocenters. The summed E-state index contributed by atoms with van der Waals surface area (Å²) in [6.45, 7) is 0. The van der Waals surface area contributed by atoms with E-state index in [4.69, 9.17) is 4.98 Å². The van der Waals surface area contributed by atoms with Crippen LogP contribution >= 0.6 is 11.3 Å². The molecular weight excluding hydrogens is 370 g/mol. The first-order chi connectivity index (χ1) is 13.8. The summed E-state index contributed by atoms with van der Waals surface area (Å²) in [4.78, 5) is 13.6. The molecule has 5 rings (SSSR count). The second-order valence-electron chi connectivity index (χ2n) is 7.02. The number of thiophene rings is 1. The molecule has 1 fully saturated rings. The van der Waals surface area contributed by atoms with Crippen molar-refractivity contribution in [3.05, 3.63) is 48.4 Å². The number of hydrogen-bond acceptors (Lipinski definition) is 7. The van der Waals surface area contributed by atoms with Crippen LogP contribution in [0.1, 0.15) is 32.1 Å². The fraction of sp³-hybridized carbons (Fsp3) is 0.300. The van der Waals surface area contributed by atoms with Crippen molar-refractivity contribution in [1.29, 1.82) is 0 Å². The van der Waals surface area contributed by atoms with E-state index in [2.05, 4.69) is 31.1 Å². The Morgan fingerprint density at radius 1 is 1.07 bits per heavy atom. The SMILES string of the molecule is c1cncc(-n2cc(Nc3nc(NC4CCCCC4)c4sccc4n3)cn2)c1. The fourth-order valence-corrected chi connectivity index (χ4v) is 4.39. The maximum atomic E-state index is 4.77. The molecule has 0 saturated heterocycles. The van der Waals surface area contributed by atoms with Gasteiger partial charge < -0.3 is 10.6 Å². The van der Waals surface area contributed by atoms with Crippen LogP contribution in [0.2, 0.25) is 0 Å². The van der Waals surface area contributed by atoms with Crippen molar-refractivity contribution in [3.63, 3.8) is 0 Å². The topological polar surface area (TPSA) is 80.5 Å². The second-order valence-corrected chi connectivity index (χ2v) is 7.94. The van der Waals surface area contributed by atoms with E-state index in [0.717, 1.165) is 27.4 Å². The third-order valence-corrected chi connectivity index (χ3v) is 5.91. The average Bonchev–Trinajstić information content (AvgIpc) is 3.39. The summed E-state index contributed by atoms with van der Waals surface area (Å²) in [7, 11) is 0. The summed E-state index contributed by atoms with van der Waals surface area (Å²) in [5.41, 5.74) is 2.70. The first-order valence-electron chi connectivity index (χ1n) is 9.59. The molecular formula is C20H21N7S. The van der Waals surface area contributed by atoms with Crippen LogP contribution in [0.3, 0.4) is 0 Å². The van der Waals surface area contributed by atoms with Gasteiger partial charge in [0.25, 0.3) is 0 Å². The zero-order valence-electron chi connectivity index (χ0n) is 15.4. The third kappa shape index (κ3) is 3.55. The van der Waals surface area contributed by atoms with Gasteiger partial charge in [0.05, 0.1) is 40.2 Å². The molecule has 28 heavy (non-hydrogen) atoms. The van der Waals surface area contributed by atoms with E-state index < -0.39 is 0 Å². The van der Waals surface area contributed by atoms with E-state index in [-0.39, 0.29) is 0 Å². The van der Waals surface area contributed by atoms with Crippen molar-refractivity contribution in [2.24, 2.45) is 0 Å². The first-order valence-corrected chi connectivity index (χ1v) is 10.5. The fourth-order valence-electron chi connectivity index (χ4n) is 3.60. The number of pyridine rings is 1. The highest BCUT2D eigenvalue weighted by atomic mass is 32.1. The largest absolute Gasteiger partial charge is 0.366 e. The number of nitrogens with zero attached hydrogens (tertiary/aromatic N) is 5. The van der Waals surface area contributed by atoms with Gasteiger partial charge in [-0.05, 0) is 36.4 Å². The van der Waals surface area contributed by atoms with Crippen molar-refractivity contribution in [3.8, 4) is 5.69 Å². The molecule has 1 aliphatic carbocycles. The van der Waals surface area contributed by atoms with E-state index >= 15 is 0 Å². The standard InChI is InChI=1S/C20H21N7S/c1-2-5-14(6-3-1)23-19-18-17(8-10-28-18)25-20(26-19)24-15-11-22-27(13-15)16-7-4-9-21-12-16/h4,7-14H,1-3,5-6H2,(H2,23,24,25,26). The lowest BCUT2D eigenvalue weighted by Crippen LogP contribution is -2.23. The van der Waals surface area contributed by atoms with Gasteiger partial charge in [0, 0.05) is 12.2 Å². The number of rotatable bonds is 5. The summed E-state index contributed by atoms with van der Waals surface area (Å²) < 4.78 is 2.89. The normalized spacial score (nSPS) is 15.0. The number of aromatic nitrogens is 5. The number of nitrogens with one attached hydrogen (secondary N) is 2. The quantitative estimate of drug-likeness (QED) is 0.510. The van der Waals surface area contributed by atoms with Gasteiger partial charge in [0.1, 0.15) is 5.82 Å². The molecule has 0 radical (unpaired) electrons. The predicted octanol–water partition coefficient (Wildman–Crippen LogP) is 4.76. The Hall–Kier alpha value is -3.00. The molecule has 0 bridgehead atoms. The van der Waals surface area contributed by atoms with E-state index in [1.807, 2.05) is 24.4 Å². The lowest BCUT2D eigenvalue weighted by Gasteiger charge is -2.23. The van der Waals surface area contributed by atoms with Gasteiger partial charge in [-0.1, -0.05) is 19.3 Å². The van der Waals surface area contributed by atoms with E-state index in [9.17, 15) is 0 Å². The molecule has 7 nitrogen and oxygen atoms in total. The summed E-state index contributed by atoms with van der Waals surface area (Å²) in [6, 6.07) is 6.39. The molecule has 0 unspecified atom stereocenters. The van der Waals surface area contributed by atoms with Crippen LogP contribution in [0.5, 0.6) is 0 Å². The molecule has 0 spiro atoms. The maximum Gasteiger partial charge on any atom is 0.229 e. The van der Waals surface area contributed by atoms with Gasteiger partial charge >= 0.3 is 0 Å². The van der Waals surface area contributed by atoms with Gasteiger partial charge in [0.15, 0.2) is 0 Å². The van der Waals surface area contributed by atoms with Crippen molar-refractivity contribution < 1.29 is 0 Å². The number of fused-ring (bicyclic) bond motifs is 1. The Morgan fingerprint density at radius 3 is 2.86 bits per heavy atom.